The molecule has 6 heteroatoms. The largest absolute Gasteiger partial charge is 0.369 e. The second-order valence-corrected chi connectivity index (χ2v) is 5.03. The monoisotopic (exact) mass is 251 g/mol. The minimum Gasteiger partial charge on any atom is -0.369 e. The number of fused-ring (bicyclic) bond motifs is 1. The minimum atomic E-state index is 0.439. The van der Waals surface area contributed by atoms with Gasteiger partial charge in [-0.3, -0.25) is 0 Å². The Kier molecular flexibility index (Phi) is 2.43. The normalized spacial score (nSPS) is 17.3. The summed E-state index contributed by atoms with van der Waals surface area (Å²) in [6.45, 7) is 3.19. The van der Waals surface area contributed by atoms with Crippen molar-refractivity contribution in [2.45, 2.75) is 26.2 Å². The van der Waals surface area contributed by atoms with E-state index in [1.807, 2.05) is 0 Å². The van der Waals surface area contributed by atoms with E-state index in [-0.39, 0.29) is 0 Å². The molecule has 2 heterocycles. The topological polar surface area (TPSA) is 55.1 Å². The predicted octanol–water partition coefficient (Wildman–Crippen LogP) is 2.38. The maximum absolute atomic E-state index is 5.95. The van der Waals surface area contributed by atoms with Gasteiger partial charge >= 0.3 is 0 Å². The van der Waals surface area contributed by atoms with Crippen molar-refractivity contribution < 1.29 is 0 Å². The van der Waals surface area contributed by atoms with Crippen LogP contribution in [-0.2, 0) is 0 Å². The fraction of sp³-hybridized carbons (Fsp3) is 0.545. The van der Waals surface area contributed by atoms with Crippen LogP contribution in [0.25, 0.3) is 5.78 Å². The summed E-state index contributed by atoms with van der Waals surface area (Å²) in [4.78, 5) is 8.13. The van der Waals surface area contributed by atoms with E-state index >= 15 is 0 Å². The van der Waals surface area contributed by atoms with E-state index in [2.05, 4.69) is 27.3 Å². The second-order valence-electron chi connectivity index (χ2n) is 4.64. The Morgan fingerprint density at radius 3 is 3.06 bits per heavy atom. The summed E-state index contributed by atoms with van der Waals surface area (Å²) in [5.74, 6) is 1.39. The molecule has 0 aliphatic heterocycles. The smallest absolute Gasteiger partial charge is 0.255 e. The quantitative estimate of drug-likeness (QED) is 0.848. The molecule has 90 valence electrons. The summed E-state index contributed by atoms with van der Waals surface area (Å²) >= 11 is 5.95. The van der Waals surface area contributed by atoms with Crippen LogP contribution in [0.2, 0.25) is 5.15 Å². The molecule has 2 aromatic heterocycles. The van der Waals surface area contributed by atoms with Crippen molar-refractivity contribution in [3.05, 3.63) is 17.5 Å². The van der Waals surface area contributed by atoms with E-state index in [4.69, 9.17) is 11.6 Å². The number of anilines is 1. The van der Waals surface area contributed by atoms with Gasteiger partial charge in [-0.1, -0.05) is 18.5 Å². The number of aromatic nitrogens is 4. The number of halogens is 1. The Hall–Kier alpha value is -1.36. The maximum atomic E-state index is 5.95. The predicted molar refractivity (Wildman–Crippen MR) is 66.2 cm³/mol. The molecule has 3 rings (SSSR count). The lowest BCUT2D eigenvalue weighted by Gasteiger charge is -2.14. The fourth-order valence-electron chi connectivity index (χ4n) is 2.02. The number of nitrogens with one attached hydrogen (secondary N) is 1. The van der Waals surface area contributed by atoms with Gasteiger partial charge in [-0.2, -0.15) is 19.6 Å². The second kappa shape index (κ2) is 3.84. The van der Waals surface area contributed by atoms with E-state index in [1.54, 1.807) is 10.6 Å². The van der Waals surface area contributed by atoms with Gasteiger partial charge in [-0.15, -0.1) is 0 Å². The molecule has 0 saturated heterocycles. The Morgan fingerprint density at radius 2 is 2.35 bits per heavy atom. The van der Waals surface area contributed by atoms with Crippen LogP contribution in [0, 0.1) is 5.41 Å². The number of rotatable bonds is 4. The lowest BCUT2D eigenvalue weighted by molar-refractivity contribution is 0.520. The van der Waals surface area contributed by atoms with Gasteiger partial charge in [0, 0.05) is 12.6 Å². The Balaban J connectivity index is 1.86. The zero-order valence-corrected chi connectivity index (χ0v) is 10.4. The highest BCUT2D eigenvalue weighted by Gasteiger charge is 2.40. The van der Waals surface area contributed by atoms with E-state index in [0.717, 1.165) is 12.4 Å². The average Bonchev–Trinajstić information content (AvgIpc) is 2.96. The van der Waals surface area contributed by atoms with Gasteiger partial charge in [-0.05, 0) is 24.7 Å². The van der Waals surface area contributed by atoms with Gasteiger partial charge in [0.1, 0.15) is 17.3 Å². The molecule has 0 atom stereocenters. The summed E-state index contributed by atoms with van der Waals surface area (Å²) in [6.07, 6.45) is 5.29. The molecule has 0 amide bonds. The highest BCUT2D eigenvalue weighted by Crippen LogP contribution is 2.48. The molecular formula is C11H14ClN5. The molecule has 1 fully saturated rings. The first-order valence-electron chi connectivity index (χ1n) is 5.83. The van der Waals surface area contributed by atoms with E-state index in [0.29, 0.717) is 16.3 Å². The van der Waals surface area contributed by atoms with Crippen LogP contribution >= 0.6 is 11.6 Å². The van der Waals surface area contributed by atoms with Gasteiger partial charge < -0.3 is 5.32 Å². The van der Waals surface area contributed by atoms with Crippen LogP contribution < -0.4 is 5.32 Å². The average molecular weight is 252 g/mol. The zero-order chi connectivity index (χ0) is 11.9. The summed E-state index contributed by atoms with van der Waals surface area (Å²) in [5, 5.41) is 7.97. The summed E-state index contributed by atoms with van der Waals surface area (Å²) in [6, 6.07) is 1.79. The molecule has 0 bridgehead atoms. The van der Waals surface area contributed by atoms with Crippen LogP contribution in [0.4, 0.5) is 5.82 Å². The number of nitrogens with zero attached hydrogens (tertiary/aromatic N) is 4. The minimum absolute atomic E-state index is 0.439. The molecule has 17 heavy (non-hydrogen) atoms. The molecule has 0 spiro atoms. The first kappa shape index (κ1) is 10.8. The van der Waals surface area contributed by atoms with Crippen molar-refractivity contribution in [3.8, 4) is 0 Å². The highest BCUT2D eigenvalue weighted by atomic mass is 35.5. The Labute approximate surface area is 104 Å². The zero-order valence-electron chi connectivity index (χ0n) is 9.65. The van der Waals surface area contributed by atoms with Crippen LogP contribution in [0.3, 0.4) is 0 Å². The van der Waals surface area contributed by atoms with Crippen LogP contribution in [0.5, 0.6) is 0 Å². The first-order valence-corrected chi connectivity index (χ1v) is 6.20. The van der Waals surface area contributed by atoms with Crippen molar-refractivity contribution >= 4 is 23.2 Å². The Morgan fingerprint density at radius 1 is 1.53 bits per heavy atom. The maximum Gasteiger partial charge on any atom is 0.255 e. The molecule has 0 aromatic carbocycles. The van der Waals surface area contributed by atoms with Gasteiger partial charge in [0.2, 0.25) is 0 Å². The van der Waals surface area contributed by atoms with Crippen LogP contribution in [0.15, 0.2) is 12.4 Å². The third kappa shape index (κ3) is 1.95. The highest BCUT2D eigenvalue weighted by molar-refractivity contribution is 6.29. The molecule has 5 nitrogen and oxygen atoms in total. The van der Waals surface area contributed by atoms with E-state index in [9.17, 15) is 0 Å². The summed E-state index contributed by atoms with van der Waals surface area (Å²) in [5.41, 5.74) is 0.475. The standard InChI is InChI=1S/C11H14ClN5/c1-2-11(3-4-11)6-13-9-5-8(12)16-10-14-7-15-17(9)10/h5,7,13H,2-4,6H2,1H3. The molecule has 1 aliphatic carbocycles. The van der Waals surface area contributed by atoms with Crippen LogP contribution in [-0.4, -0.2) is 26.1 Å². The fourth-order valence-corrected chi connectivity index (χ4v) is 2.20. The van der Waals surface area contributed by atoms with Crippen LogP contribution in [0.1, 0.15) is 26.2 Å². The van der Waals surface area contributed by atoms with Gasteiger partial charge in [0.25, 0.3) is 5.78 Å². The molecule has 1 saturated carbocycles. The SMILES string of the molecule is CCC1(CNc2cc(Cl)nc3ncnn23)CC1. The first-order chi connectivity index (χ1) is 8.22. The summed E-state index contributed by atoms with van der Waals surface area (Å²) in [7, 11) is 0. The third-order valence-corrected chi connectivity index (χ3v) is 3.77. The lowest BCUT2D eigenvalue weighted by Crippen LogP contribution is -2.16. The number of hydrogen-bond donors (Lipinski definition) is 1. The van der Waals surface area contributed by atoms with E-state index < -0.39 is 0 Å². The molecular weight excluding hydrogens is 238 g/mol. The van der Waals surface area contributed by atoms with Gasteiger partial charge in [-0.25, -0.2) is 0 Å². The molecule has 2 aromatic rings. The van der Waals surface area contributed by atoms with Gasteiger partial charge in [0.05, 0.1) is 0 Å². The van der Waals surface area contributed by atoms with Crippen molar-refractivity contribution in [2.24, 2.45) is 5.41 Å². The molecule has 0 radical (unpaired) electrons. The molecule has 1 aliphatic rings. The van der Waals surface area contributed by atoms with Crippen molar-refractivity contribution in [1.82, 2.24) is 19.6 Å². The third-order valence-electron chi connectivity index (χ3n) is 3.57. The van der Waals surface area contributed by atoms with E-state index in [1.165, 1.54) is 25.6 Å². The number of hydrogen-bond acceptors (Lipinski definition) is 4. The molecule has 0 unspecified atom stereocenters. The lowest BCUT2D eigenvalue weighted by atomic mass is 10.0. The van der Waals surface area contributed by atoms with Gasteiger partial charge in [0.15, 0.2) is 0 Å². The Bertz CT molecular complexity index is 546. The van der Waals surface area contributed by atoms with Crippen molar-refractivity contribution in [2.75, 3.05) is 11.9 Å². The summed E-state index contributed by atoms with van der Waals surface area (Å²) < 4.78 is 1.68. The van der Waals surface area contributed by atoms with Crippen molar-refractivity contribution in [3.63, 3.8) is 0 Å². The molecule has 1 N–H and O–H groups in total. The van der Waals surface area contributed by atoms with Crippen molar-refractivity contribution in [1.29, 1.82) is 0 Å².